The van der Waals surface area contributed by atoms with Crippen LogP contribution >= 0.6 is 11.8 Å². The standard InChI is InChI=1S/C13H28N2O2S2/c1-11(2)14-7-5-6-12(3)15-8-9-18-10-13(15)19(4,16)17/h11-14H,5-10H2,1-4H3. The van der Waals surface area contributed by atoms with E-state index in [0.717, 1.165) is 31.7 Å². The monoisotopic (exact) mass is 308 g/mol. The van der Waals surface area contributed by atoms with E-state index in [1.165, 1.54) is 6.26 Å². The molecule has 0 aliphatic carbocycles. The van der Waals surface area contributed by atoms with Crippen molar-refractivity contribution in [1.82, 2.24) is 10.2 Å². The van der Waals surface area contributed by atoms with E-state index in [9.17, 15) is 8.42 Å². The van der Waals surface area contributed by atoms with Crippen molar-refractivity contribution in [1.29, 1.82) is 0 Å². The summed E-state index contributed by atoms with van der Waals surface area (Å²) in [6.45, 7) is 8.34. The highest BCUT2D eigenvalue weighted by Crippen LogP contribution is 2.23. The summed E-state index contributed by atoms with van der Waals surface area (Å²) in [7, 11) is -2.97. The maximum Gasteiger partial charge on any atom is 0.164 e. The Morgan fingerprint density at radius 2 is 2.05 bits per heavy atom. The predicted octanol–water partition coefficient (Wildman–Crippen LogP) is 1.57. The second-order valence-corrected chi connectivity index (χ2v) is 9.05. The Bertz CT molecular complexity index is 358. The minimum absolute atomic E-state index is 0.292. The van der Waals surface area contributed by atoms with Gasteiger partial charge in [-0.15, -0.1) is 0 Å². The van der Waals surface area contributed by atoms with Crippen LogP contribution in [0.25, 0.3) is 0 Å². The van der Waals surface area contributed by atoms with Crippen LogP contribution in [0.2, 0.25) is 0 Å². The molecule has 0 aromatic carbocycles. The largest absolute Gasteiger partial charge is 0.315 e. The van der Waals surface area contributed by atoms with Crippen LogP contribution in [0.4, 0.5) is 0 Å². The van der Waals surface area contributed by atoms with Crippen molar-refractivity contribution >= 4 is 21.6 Å². The Kier molecular flexibility index (Phi) is 7.14. The third-order valence-electron chi connectivity index (χ3n) is 3.54. The molecule has 114 valence electrons. The van der Waals surface area contributed by atoms with Gasteiger partial charge in [0, 0.05) is 36.4 Å². The maximum absolute atomic E-state index is 11.9. The van der Waals surface area contributed by atoms with Gasteiger partial charge in [0.25, 0.3) is 0 Å². The minimum atomic E-state index is -2.97. The molecule has 0 radical (unpaired) electrons. The third-order valence-corrected chi connectivity index (χ3v) is 6.20. The number of hydrogen-bond donors (Lipinski definition) is 1. The van der Waals surface area contributed by atoms with Crippen LogP contribution in [0.5, 0.6) is 0 Å². The smallest absolute Gasteiger partial charge is 0.164 e. The van der Waals surface area contributed by atoms with Gasteiger partial charge in [-0.1, -0.05) is 13.8 Å². The SMILES string of the molecule is CC(C)NCCCC(C)N1CCSCC1S(C)(=O)=O. The topological polar surface area (TPSA) is 49.4 Å². The number of thioether (sulfide) groups is 1. The van der Waals surface area contributed by atoms with Crippen LogP contribution in [-0.4, -0.2) is 61.6 Å². The van der Waals surface area contributed by atoms with Crippen molar-refractivity contribution in [2.24, 2.45) is 0 Å². The molecule has 0 bridgehead atoms. The first-order valence-electron chi connectivity index (χ1n) is 7.08. The molecule has 1 fully saturated rings. The van der Waals surface area contributed by atoms with Crippen LogP contribution in [0.3, 0.4) is 0 Å². The maximum atomic E-state index is 11.9. The Labute approximate surface area is 122 Å². The second kappa shape index (κ2) is 7.86. The summed E-state index contributed by atoms with van der Waals surface area (Å²) in [6.07, 6.45) is 3.51. The molecule has 1 aliphatic heterocycles. The summed E-state index contributed by atoms with van der Waals surface area (Å²) in [5, 5.41) is 3.11. The zero-order valence-electron chi connectivity index (χ0n) is 12.6. The fraction of sp³-hybridized carbons (Fsp3) is 1.00. The van der Waals surface area contributed by atoms with Crippen LogP contribution < -0.4 is 5.32 Å². The Morgan fingerprint density at radius 1 is 1.37 bits per heavy atom. The van der Waals surface area contributed by atoms with Crippen LogP contribution in [0.1, 0.15) is 33.6 Å². The molecular formula is C13H28N2O2S2. The van der Waals surface area contributed by atoms with E-state index in [2.05, 4.69) is 31.0 Å². The molecule has 1 rings (SSSR count). The molecule has 1 heterocycles. The van der Waals surface area contributed by atoms with Crippen LogP contribution in [0.15, 0.2) is 0 Å². The lowest BCUT2D eigenvalue weighted by Gasteiger charge is -2.38. The van der Waals surface area contributed by atoms with Gasteiger partial charge in [0.2, 0.25) is 0 Å². The molecule has 0 saturated carbocycles. The highest BCUT2D eigenvalue weighted by molar-refractivity contribution is 8.00. The fourth-order valence-electron chi connectivity index (χ4n) is 2.42. The molecule has 1 aliphatic rings. The number of hydrogen-bond acceptors (Lipinski definition) is 5. The van der Waals surface area contributed by atoms with Crippen LogP contribution in [0, 0.1) is 0 Å². The van der Waals surface area contributed by atoms with Gasteiger partial charge >= 0.3 is 0 Å². The Balaban J connectivity index is 2.46. The van der Waals surface area contributed by atoms with Crippen molar-refractivity contribution in [2.45, 2.75) is 51.1 Å². The van der Waals surface area contributed by atoms with Crippen molar-refractivity contribution in [3.8, 4) is 0 Å². The average Bonchev–Trinajstić information content (AvgIpc) is 2.33. The molecule has 0 aromatic rings. The summed E-state index contributed by atoms with van der Waals surface area (Å²) in [6, 6.07) is 0.861. The Morgan fingerprint density at radius 3 is 2.63 bits per heavy atom. The quantitative estimate of drug-likeness (QED) is 0.724. The lowest BCUT2D eigenvalue weighted by molar-refractivity contribution is 0.193. The summed E-state index contributed by atoms with van der Waals surface area (Å²) in [4.78, 5) is 2.18. The number of nitrogens with one attached hydrogen (secondary N) is 1. The average molecular weight is 309 g/mol. The number of sulfone groups is 1. The van der Waals surface area contributed by atoms with Gasteiger partial charge in [-0.2, -0.15) is 11.8 Å². The highest BCUT2D eigenvalue weighted by atomic mass is 32.2. The van der Waals surface area contributed by atoms with E-state index in [4.69, 9.17) is 0 Å². The Hall–Kier alpha value is 0.220. The number of rotatable bonds is 7. The van der Waals surface area contributed by atoms with Gasteiger partial charge in [-0.05, 0) is 26.3 Å². The van der Waals surface area contributed by atoms with Gasteiger partial charge in [0.15, 0.2) is 9.84 Å². The highest BCUT2D eigenvalue weighted by Gasteiger charge is 2.33. The van der Waals surface area contributed by atoms with E-state index < -0.39 is 9.84 Å². The summed E-state index contributed by atoms with van der Waals surface area (Å²) in [5.41, 5.74) is 0. The van der Waals surface area contributed by atoms with E-state index in [1.807, 2.05) is 0 Å². The van der Waals surface area contributed by atoms with Gasteiger partial charge in [-0.3, -0.25) is 4.90 Å². The first kappa shape index (κ1) is 17.3. The molecule has 6 heteroatoms. The van der Waals surface area contributed by atoms with E-state index in [1.54, 1.807) is 11.8 Å². The van der Waals surface area contributed by atoms with Crippen molar-refractivity contribution in [3.63, 3.8) is 0 Å². The lowest BCUT2D eigenvalue weighted by Crippen LogP contribution is -2.51. The van der Waals surface area contributed by atoms with E-state index in [-0.39, 0.29) is 5.37 Å². The van der Waals surface area contributed by atoms with Crippen molar-refractivity contribution < 1.29 is 8.42 Å². The molecule has 2 unspecified atom stereocenters. The molecule has 1 N–H and O–H groups in total. The first-order chi connectivity index (χ1) is 8.82. The fourth-order valence-corrected chi connectivity index (χ4v) is 5.40. The normalized spacial score (nSPS) is 23.7. The molecular weight excluding hydrogens is 280 g/mol. The van der Waals surface area contributed by atoms with Gasteiger partial charge in [0.05, 0.1) is 0 Å². The van der Waals surface area contributed by atoms with Gasteiger partial charge < -0.3 is 5.32 Å². The molecule has 4 nitrogen and oxygen atoms in total. The molecule has 1 saturated heterocycles. The minimum Gasteiger partial charge on any atom is -0.315 e. The third kappa shape index (κ3) is 6.02. The van der Waals surface area contributed by atoms with Crippen LogP contribution in [-0.2, 0) is 9.84 Å². The zero-order valence-corrected chi connectivity index (χ0v) is 14.2. The summed E-state index contributed by atoms with van der Waals surface area (Å²) in [5.74, 6) is 1.76. The molecule has 2 atom stereocenters. The van der Waals surface area contributed by atoms with Crippen molar-refractivity contribution in [2.75, 3.05) is 30.9 Å². The second-order valence-electron chi connectivity index (χ2n) is 5.70. The molecule has 0 aromatic heterocycles. The number of nitrogens with zero attached hydrogens (tertiary/aromatic N) is 1. The molecule has 0 spiro atoms. The van der Waals surface area contributed by atoms with Gasteiger partial charge in [-0.25, -0.2) is 8.42 Å². The summed E-state index contributed by atoms with van der Waals surface area (Å²) < 4.78 is 23.7. The van der Waals surface area contributed by atoms with E-state index in [0.29, 0.717) is 17.8 Å². The predicted molar refractivity (Wildman–Crippen MR) is 84.5 cm³/mol. The zero-order chi connectivity index (χ0) is 14.5. The van der Waals surface area contributed by atoms with E-state index >= 15 is 0 Å². The summed E-state index contributed by atoms with van der Waals surface area (Å²) >= 11 is 1.75. The van der Waals surface area contributed by atoms with Gasteiger partial charge in [0.1, 0.15) is 5.37 Å². The lowest BCUT2D eigenvalue weighted by atomic mass is 10.1. The molecule has 19 heavy (non-hydrogen) atoms. The molecule has 0 amide bonds. The van der Waals surface area contributed by atoms with Crippen molar-refractivity contribution in [3.05, 3.63) is 0 Å². The first-order valence-corrected chi connectivity index (χ1v) is 10.2.